The lowest BCUT2D eigenvalue weighted by Gasteiger charge is -2.54. The van der Waals surface area contributed by atoms with Crippen LogP contribution in [-0.2, 0) is 0 Å². The van der Waals surface area contributed by atoms with E-state index < -0.39 is 5.60 Å². The van der Waals surface area contributed by atoms with E-state index in [1.165, 1.54) is 38.5 Å². The maximum absolute atomic E-state index is 10.8. The molecular formula is C21H38O. The van der Waals surface area contributed by atoms with E-state index in [0.29, 0.717) is 5.41 Å². The summed E-state index contributed by atoms with van der Waals surface area (Å²) in [6, 6.07) is 0. The molecule has 2 aliphatic rings. The lowest BCUT2D eigenvalue weighted by Crippen LogP contribution is -2.47. The third kappa shape index (κ3) is 3.30. The molecule has 1 heteroatoms. The van der Waals surface area contributed by atoms with E-state index in [9.17, 15) is 5.11 Å². The van der Waals surface area contributed by atoms with Crippen molar-refractivity contribution in [1.29, 1.82) is 0 Å². The molecule has 0 amide bonds. The maximum Gasteiger partial charge on any atom is 0.0682 e. The van der Waals surface area contributed by atoms with E-state index in [0.717, 1.165) is 37.0 Å². The van der Waals surface area contributed by atoms with Gasteiger partial charge in [-0.25, -0.2) is 0 Å². The van der Waals surface area contributed by atoms with Crippen LogP contribution in [-0.4, -0.2) is 10.7 Å². The summed E-state index contributed by atoms with van der Waals surface area (Å²) in [5, 5.41) is 10.8. The first-order chi connectivity index (χ1) is 10.4. The van der Waals surface area contributed by atoms with Crippen molar-refractivity contribution in [3.8, 4) is 0 Å². The van der Waals surface area contributed by atoms with Gasteiger partial charge in [-0.3, -0.25) is 0 Å². The van der Waals surface area contributed by atoms with Crippen molar-refractivity contribution in [2.45, 2.75) is 98.0 Å². The number of hydrogen-bond donors (Lipinski definition) is 1. The Labute approximate surface area is 138 Å². The van der Waals surface area contributed by atoms with Crippen LogP contribution >= 0.6 is 0 Å². The van der Waals surface area contributed by atoms with Crippen molar-refractivity contribution >= 4 is 0 Å². The van der Waals surface area contributed by atoms with Crippen LogP contribution in [0.5, 0.6) is 0 Å². The Bertz CT molecular complexity index is 399. The molecule has 0 bridgehead atoms. The zero-order valence-corrected chi connectivity index (χ0v) is 15.6. The van der Waals surface area contributed by atoms with E-state index in [-0.39, 0.29) is 0 Å². The summed E-state index contributed by atoms with van der Waals surface area (Å²) < 4.78 is 0. The van der Waals surface area contributed by atoms with Crippen molar-refractivity contribution in [3.05, 3.63) is 11.6 Å². The predicted molar refractivity (Wildman–Crippen MR) is 95.9 cm³/mol. The van der Waals surface area contributed by atoms with E-state index in [4.69, 9.17) is 0 Å². The van der Waals surface area contributed by atoms with Crippen molar-refractivity contribution < 1.29 is 5.11 Å². The molecule has 2 rings (SSSR count). The lowest BCUT2D eigenvalue weighted by molar-refractivity contribution is -0.0352. The highest BCUT2D eigenvalue weighted by Crippen LogP contribution is 2.57. The van der Waals surface area contributed by atoms with E-state index in [1.54, 1.807) is 5.57 Å². The molecule has 0 radical (unpaired) electrons. The van der Waals surface area contributed by atoms with Crippen molar-refractivity contribution in [2.24, 2.45) is 23.2 Å². The molecule has 0 unspecified atom stereocenters. The van der Waals surface area contributed by atoms with Gasteiger partial charge >= 0.3 is 0 Å². The average molecular weight is 307 g/mol. The molecule has 0 aromatic heterocycles. The first-order valence-corrected chi connectivity index (χ1v) is 9.82. The SMILES string of the molecule is CCC[C@H](C)[C@@H]1CC=C2C[C@](O)(CC)CC[C@]2(C)[C@H]1CCC. The Balaban J connectivity index is 2.28. The minimum absolute atomic E-state index is 0.350. The molecular weight excluding hydrogens is 268 g/mol. The largest absolute Gasteiger partial charge is 0.390 e. The highest BCUT2D eigenvalue weighted by molar-refractivity contribution is 5.25. The summed E-state index contributed by atoms with van der Waals surface area (Å²) in [6.07, 6.45) is 13.1. The van der Waals surface area contributed by atoms with Gasteiger partial charge in [0.05, 0.1) is 5.60 Å². The van der Waals surface area contributed by atoms with Gasteiger partial charge in [-0.2, -0.15) is 0 Å². The molecule has 1 fully saturated rings. The summed E-state index contributed by atoms with van der Waals surface area (Å²) in [7, 11) is 0. The quantitative estimate of drug-likeness (QED) is 0.586. The number of allylic oxidation sites excluding steroid dienone is 1. The first-order valence-electron chi connectivity index (χ1n) is 9.82. The fraction of sp³-hybridized carbons (Fsp3) is 0.905. The normalized spacial score (nSPS) is 40.0. The molecule has 1 N–H and O–H groups in total. The molecule has 128 valence electrons. The molecule has 0 heterocycles. The minimum atomic E-state index is -0.427. The predicted octanol–water partition coefficient (Wildman–Crippen LogP) is 6.12. The number of hydrogen-bond acceptors (Lipinski definition) is 1. The van der Waals surface area contributed by atoms with Crippen LogP contribution in [0.1, 0.15) is 92.4 Å². The molecule has 0 saturated heterocycles. The van der Waals surface area contributed by atoms with E-state index in [1.807, 2.05) is 0 Å². The van der Waals surface area contributed by atoms with Crippen LogP contribution in [0.15, 0.2) is 11.6 Å². The molecule has 0 aromatic rings. The van der Waals surface area contributed by atoms with Crippen LogP contribution in [0, 0.1) is 23.2 Å². The smallest absolute Gasteiger partial charge is 0.0682 e. The van der Waals surface area contributed by atoms with Gasteiger partial charge in [-0.1, -0.05) is 65.5 Å². The Morgan fingerprint density at radius 3 is 2.55 bits per heavy atom. The Kier molecular flexibility index (Phi) is 5.80. The zero-order valence-electron chi connectivity index (χ0n) is 15.6. The van der Waals surface area contributed by atoms with Crippen LogP contribution < -0.4 is 0 Å². The zero-order chi connectivity index (χ0) is 16.4. The van der Waals surface area contributed by atoms with Crippen LogP contribution in [0.2, 0.25) is 0 Å². The van der Waals surface area contributed by atoms with E-state index >= 15 is 0 Å². The van der Waals surface area contributed by atoms with Gasteiger partial charge in [0.25, 0.3) is 0 Å². The summed E-state index contributed by atoms with van der Waals surface area (Å²) in [4.78, 5) is 0. The fourth-order valence-corrected chi connectivity index (χ4v) is 5.39. The third-order valence-corrected chi connectivity index (χ3v) is 7.07. The average Bonchev–Trinajstić information content (AvgIpc) is 2.50. The molecule has 1 saturated carbocycles. The van der Waals surface area contributed by atoms with Gasteiger partial charge in [0.1, 0.15) is 0 Å². The van der Waals surface area contributed by atoms with Crippen LogP contribution in [0.4, 0.5) is 0 Å². The molecule has 2 aliphatic carbocycles. The molecule has 0 aromatic carbocycles. The Morgan fingerprint density at radius 2 is 1.95 bits per heavy atom. The monoisotopic (exact) mass is 306 g/mol. The summed E-state index contributed by atoms with van der Waals surface area (Å²) >= 11 is 0. The summed E-state index contributed by atoms with van der Waals surface area (Å²) in [5.74, 6) is 2.50. The number of fused-ring (bicyclic) bond motifs is 1. The lowest BCUT2D eigenvalue weighted by atomic mass is 9.52. The maximum atomic E-state index is 10.8. The summed E-state index contributed by atoms with van der Waals surface area (Å²) in [5.41, 5.74) is 1.51. The topological polar surface area (TPSA) is 20.2 Å². The van der Waals surface area contributed by atoms with Crippen LogP contribution in [0.3, 0.4) is 0 Å². The highest BCUT2D eigenvalue weighted by atomic mass is 16.3. The van der Waals surface area contributed by atoms with Gasteiger partial charge in [0.2, 0.25) is 0 Å². The van der Waals surface area contributed by atoms with Crippen molar-refractivity contribution in [3.63, 3.8) is 0 Å². The molecule has 5 atom stereocenters. The van der Waals surface area contributed by atoms with Crippen molar-refractivity contribution in [1.82, 2.24) is 0 Å². The molecule has 0 aliphatic heterocycles. The van der Waals surface area contributed by atoms with Gasteiger partial charge in [0, 0.05) is 0 Å². The molecule has 1 nitrogen and oxygen atoms in total. The highest BCUT2D eigenvalue weighted by Gasteiger charge is 2.49. The number of rotatable bonds is 6. The molecule has 0 spiro atoms. The second-order valence-electron chi connectivity index (χ2n) is 8.46. The van der Waals surface area contributed by atoms with Gasteiger partial charge in [-0.05, 0) is 61.7 Å². The van der Waals surface area contributed by atoms with Crippen LogP contribution in [0.25, 0.3) is 0 Å². The van der Waals surface area contributed by atoms with E-state index in [2.05, 4.69) is 40.7 Å². The third-order valence-electron chi connectivity index (χ3n) is 7.07. The minimum Gasteiger partial charge on any atom is -0.390 e. The van der Waals surface area contributed by atoms with Gasteiger partial charge in [0.15, 0.2) is 0 Å². The number of aliphatic hydroxyl groups is 1. The molecule has 22 heavy (non-hydrogen) atoms. The Morgan fingerprint density at radius 1 is 1.23 bits per heavy atom. The summed E-state index contributed by atoms with van der Waals surface area (Å²) in [6.45, 7) is 11.8. The Hall–Kier alpha value is -0.300. The van der Waals surface area contributed by atoms with Crippen molar-refractivity contribution in [2.75, 3.05) is 0 Å². The second kappa shape index (κ2) is 7.07. The second-order valence-corrected chi connectivity index (χ2v) is 8.46. The van der Waals surface area contributed by atoms with Gasteiger partial charge in [-0.15, -0.1) is 0 Å². The van der Waals surface area contributed by atoms with Gasteiger partial charge < -0.3 is 5.11 Å². The first kappa shape index (κ1) is 18.0. The fourth-order valence-electron chi connectivity index (χ4n) is 5.39. The standard InChI is InChI=1S/C21H38O/c1-6-9-16(4)18-12-11-17-15-21(22,8-3)14-13-20(17,5)19(18)10-7-2/h11,16,18-19,22H,6-10,12-15H2,1-5H3/t16-,18-,19-,20-,21-/m0/s1.